The Balaban J connectivity index is 2.41. The van der Waals surface area contributed by atoms with Crippen molar-refractivity contribution in [1.29, 1.82) is 0 Å². The Bertz CT molecular complexity index is 391. The van der Waals surface area contributed by atoms with E-state index in [4.69, 9.17) is 20.1 Å². The number of nitrogens with two attached hydrogens (primary N) is 1. The second-order valence-corrected chi connectivity index (χ2v) is 5.28. The molecule has 0 aliphatic carbocycles. The first-order valence-corrected chi connectivity index (χ1v) is 7.35. The van der Waals surface area contributed by atoms with Crippen molar-refractivity contribution in [3.8, 4) is 5.75 Å². The molecule has 0 heterocycles. The predicted octanol–water partition coefficient (Wildman–Crippen LogP) is 1.89. The van der Waals surface area contributed by atoms with E-state index >= 15 is 0 Å². The lowest BCUT2D eigenvalue weighted by atomic mass is 10.0. The van der Waals surface area contributed by atoms with Gasteiger partial charge in [-0.3, -0.25) is 11.3 Å². The van der Waals surface area contributed by atoms with Crippen molar-refractivity contribution in [1.82, 2.24) is 5.43 Å². The minimum atomic E-state index is 0.179. The second kappa shape index (κ2) is 10.1. The largest absolute Gasteiger partial charge is 0.496 e. The Hall–Kier alpha value is -0.660. The molecule has 0 aromatic heterocycles. The molecule has 0 radical (unpaired) electrons. The van der Waals surface area contributed by atoms with E-state index in [-0.39, 0.29) is 6.04 Å². The van der Waals surface area contributed by atoms with Crippen LogP contribution in [0.2, 0.25) is 0 Å². The summed E-state index contributed by atoms with van der Waals surface area (Å²) < 4.78 is 16.5. The van der Waals surface area contributed by atoms with Crippen LogP contribution in [-0.4, -0.2) is 40.1 Å². The first kappa shape index (κ1) is 17.4. The molecule has 1 aromatic carbocycles. The van der Waals surface area contributed by atoms with Gasteiger partial charge in [-0.15, -0.1) is 0 Å². The molecule has 0 amide bonds. The van der Waals surface area contributed by atoms with E-state index in [0.29, 0.717) is 19.8 Å². The van der Waals surface area contributed by atoms with Crippen molar-refractivity contribution in [3.63, 3.8) is 0 Å². The van der Waals surface area contributed by atoms with E-state index in [0.717, 1.165) is 23.1 Å². The zero-order valence-corrected chi connectivity index (χ0v) is 13.6. The Morgan fingerprint density at radius 3 is 2.65 bits per heavy atom. The van der Waals surface area contributed by atoms with Gasteiger partial charge in [0.2, 0.25) is 0 Å². The van der Waals surface area contributed by atoms with Crippen LogP contribution >= 0.6 is 15.9 Å². The summed E-state index contributed by atoms with van der Waals surface area (Å²) in [5.41, 5.74) is 4.02. The smallest absolute Gasteiger partial charge is 0.133 e. The highest BCUT2D eigenvalue weighted by atomic mass is 79.9. The molecular formula is C14H23BrN2O3. The summed E-state index contributed by atoms with van der Waals surface area (Å²) in [6.45, 7) is 1.89. The van der Waals surface area contributed by atoms with Crippen LogP contribution in [0.15, 0.2) is 22.7 Å². The summed E-state index contributed by atoms with van der Waals surface area (Å²) in [6, 6.07) is 6.22. The van der Waals surface area contributed by atoms with Crippen LogP contribution in [0.5, 0.6) is 5.75 Å². The maximum absolute atomic E-state index is 5.59. The molecule has 0 saturated heterocycles. The summed E-state index contributed by atoms with van der Waals surface area (Å²) in [4.78, 5) is 0. The first-order valence-electron chi connectivity index (χ1n) is 6.56. The summed E-state index contributed by atoms with van der Waals surface area (Å²) >= 11 is 3.49. The van der Waals surface area contributed by atoms with Crippen LogP contribution in [0.3, 0.4) is 0 Å². The van der Waals surface area contributed by atoms with E-state index in [9.17, 15) is 0 Å². The molecule has 114 valence electrons. The molecule has 0 aliphatic rings. The van der Waals surface area contributed by atoms with Crippen molar-refractivity contribution in [3.05, 3.63) is 28.2 Å². The molecule has 0 fully saturated rings. The zero-order valence-electron chi connectivity index (χ0n) is 12.0. The number of rotatable bonds is 10. The highest BCUT2D eigenvalue weighted by Crippen LogP contribution is 2.26. The Morgan fingerprint density at radius 1 is 1.25 bits per heavy atom. The first-order chi connectivity index (χ1) is 9.71. The molecule has 0 aliphatic heterocycles. The third kappa shape index (κ3) is 6.19. The van der Waals surface area contributed by atoms with Gasteiger partial charge in [0.1, 0.15) is 5.75 Å². The van der Waals surface area contributed by atoms with Gasteiger partial charge in [0.15, 0.2) is 0 Å². The highest BCUT2D eigenvalue weighted by molar-refractivity contribution is 9.10. The minimum Gasteiger partial charge on any atom is -0.496 e. The minimum absolute atomic E-state index is 0.179. The Morgan fingerprint density at radius 2 is 2.05 bits per heavy atom. The summed E-state index contributed by atoms with van der Waals surface area (Å²) in [7, 11) is 3.32. The van der Waals surface area contributed by atoms with E-state index in [1.807, 2.05) is 12.1 Å². The van der Waals surface area contributed by atoms with Crippen molar-refractivity contribution >= 4 is 15.9 Å². The molecular weight excluding hydrogens is 324 g/mol. The molecule has 0 saturated carbocycles. The monoisotopic (exact) mass is 346 g/mol. The van der Waals surface area contributed by atoms with Crippen LogP contribution in [0, 0.1) is 0 Å². The second-order valence-electron chi connectivity index (χ2n) is 4.43. The van der Waals surface area contributed by atoms with Crippen LogP contribution < -0.4 is 16.0 Å². The Labute approximate surface area is 128 Å². The average Bonchev–Trinajstić information content (AvgIpc) is 2.46. The van der Waals surface area contributed by atoms with Crippen molar-refractivity contribution in [2.24, 2.45) is 5.84 Å². The van der Waals surface area contributed by atoms with Gasteiger partial charge in [-0.25, -0.2) is 0 Å². The number of hydrazine groups is 1. The van der Waals surface area contributed by atoms with Crippen LogP contribution in [-0.2, 0) is 15.9 Å². The lowest BCUT2D eigenvalue weighted by Crippen LogP contribution is -2.37. The topological polar surface area (TPSA) is 65.7 Å². The molecule has 1 unspecified atom stereocenters. The summed E-state index contributed by atoms with van der Waals surface area (Å²) in [5, 5.41) is 0. The fourth-order valence-corrected chi connectivity index (χ4v) is 2.42. The zero-order chi connectivity index (χ0) is 14.8. The van der Waals surface area contributed by atoms with Crippen molar-refractivity contribution < 1.29 is 14.2 Å². The van der Waals surface area contributed by atoms with Gasteiger partial charge in [-0.05, 0) is 46.5 Å². The predicted molar refractivity (Wildman–Crippen MR) is 82.8 cm³/mol. The van der Waals surface area contributed by atoms with E-state index in [1.54, 1.807) is 14.2 Å². The lowest BCUT2D eigenvalue weighted by Gasteiger charge is -2.16. The number of benzene rings is 1. The van der Waals surface area contributed by atoms with Gasteiger partial charge in [-0.2, -0.15) is 0 Å². The van der Waals surface area contributed by atoms with Crippen molar-refractivity contribution in [2.45, 2.75) is 18.9 Å². The third-order valence-electron chi connectivity index (χ3n) is 2.98. The molecule has 5 nitrogen and oxygen atoms in total. The van der Waals surface area contributed by atoms with Gasteiger partial charge in [0.05, 0.1) is 24.8 Å². The quantitative estimate of drug-likeness (QED) is 0.384. The third-order valence-corrected chi connectivity index (χ3v) is 3.60. The number of nitrogens with one attached hydrogen (secondary N) is 1. The van der Waals surface area contributed by atoms with Gasteiger partial charge >= 0.3 is 0 Å². The van der Waals surface area contributed by atoms with Gasteiger partial charge < -0.3 is 14.2 Å². The van der Waals surface area contributed by atoms with E-state index in [2.05, 4.69) is 27.4 Å². The SMILES string of the molecule is COCCOCCC(Cc1ccc(OC)c(Br)c1)NN. The van der Waals surface area contributed by atoms with Gasteiger partial charge in [0.25, 0.3) is 0 Å². The molecule has 0 bridgehead atoms. The van der Waals surface area contributed by atoms with E-state index in [1.165, 1.54) is 5.56 Å². The van der Waals surface area contributed by atoms with Crippen LogP contribution in [0.25, 0.3) is 0 Å². The van der Waals surface area contributed by atoms with Crippen LogP contribution in [0.4, 0.5) is 0 Å². The number of hydrogen-bond acceptors (Lipinski definition) is 5. The van der Waals surface area contributed by atoms with Gasteiger partial charge in [0, 0.05) is 19.8 Å². The number of methoxy groups -OCH3 is 2. The Kier molecular flexibility index (Phi) is 8.80. The molecule has 1 atom stereocenters. The molecule has 0 spiro atoms. The number of ether oxygens (including phenoxy) is 3. The number of halogens is 1. The average molecular weight is 347 g/mol. The molecule has 3 N–H and O–H groups in total. The van der Waals surface area contributed by atoms with Crippen molar-refractivity contribution in [2.75, 3.05) is 34.0 Å². The fraction of sp³-hybridized carbons (Fsp3) is 0.571. The summed E-state index contributed by atoms with van der Waals surface area (Å²) in [5.74, 6) is 6.42. The lowest BCUT2D eigenvalue weighted by molar-refractivity contribution is 0.0658. The highest BCUT2D eigenvalue weighted by Gasteiger charge is 2.09. The molecule has 6 heteroatoms. The van der Waals surface area contributed by atoms with Gasteiger partial charge in [-0.1, -0.05) is 6.07 Å². The maximum atomic E-state index is 5.59. The van der Waals surface area contributed by atoms with Crippen LogP contribution in [0.1, 0.15) is 12.0 Å². The van der Waals surface area contributed by atoms with E-state index < -0.39 is 0 Å². The molecule has 1 rings (SSSR count). The number of hydrogen-bond donors (Lipinski definition) is 2. The standard InChI is InChI=1S/C14H23BrN2O3/c1-18-7-8-20-6-5-12(17-16)9-11-3-4-14(19-2)13(15)10-11/h3-4,10,12,17H,5-9,16H2,1-2H3. The molecule has 1 aromatic rings. The normalized spacial score (nSPS) is 12.4. The fourth-order valence-electron chi connectivity index (χ4n) is 1.84. The maximum Gasteiger partial charge on any atom is 0.133 e. The summed E-state index contributed by atoms with van der Waals surface area (Å²) in [6.07, 6.45) is 1.69. The molecule has 20 heavy (non-hydrogen) atoms.